The molecular formula is C48H44O13Si8. The average molecular weight is 1050 g/mol. The number of fused-ring (bicyclic) bond motifs is 4. The molecule has 12 rings (SSSR count). The summed E-state index contributed by atoms with van der Waals surface area (Å²) in [5.74, 6) is 0. The summed E-state index contributed by atoms with van der Waals surface area (Å²) in [6, 6.07) is 71.0. The summed E-state index contributed by atoms with van der Waals surface area (Å²) in [5.41, 5.74) is 0. The summed E-state index contributed by atoms with van der Waals surface area (Å²) < 4.78 is 75.9. The Morgan fingerprint density at radius 1 is 0.232 bits per heavy atom. The number of hydrogen-bond acceptors (Lipinski definition) is 13. The standard InChI is InChI=1S/C48H44O13Si8/c49-63(42-27-11-2-12-28-42)54-66(45-33-17-5-18-34-45)52-62(41-25-9-1-10-26-41)53-67(55-63,46-35-19-6-20-36-46)61-69(48-39-23-8-24-40-48)57-64(50,43-29-13-3-14-30-43)56-68(60-66,47-37-21-7-22-38-47)58-65(51,59-69)44-31-15-4-16-32-44/h1-40,49-51,62H. The van der Waals surface area contributed by atoms with Gasteiger partial charge in [0.05, 0.1) is 0 Å². The molecular weight excluding hydrogens is 1010 g/mol. The Hall–Kier alpha value is -5.02. The summed E-state index contributed by atoms with van der Waals surface area (Å²) in [7, 11) is -39.4. The molecule has 0 aliphatic carbocycles. The van der Waals surface area contributed by atoms with Crippen molar-refractivity contribution < 1.29 is 55.5 Å². The van der Waals surface area contributed by atoms with Gasteiger partial charge in [-0.3, -0.25) is 0 Å². The van der Waals surface area contributed by atoms with Gasteiger partial charge in [0, 0.05) is 36.3 Å². The Labute approximate surface area is 408 Å². The molecule has 0 saturated carbocycles. The Morgan fingerprint density at radius 3 is 0.696 bits per heavy atom. The molecule has 4 aliphatic rings. The largest absolute Gasteiger partial charge is 0.520 e. The van der Waals surface area contributed by atoms with E-state index in [9.17, 15) is 14.4 Å². The van der Waals surface area contributed by atoms with Crippen molar-refractivity contribution >= 4 is 112 Å². The Bertz CT molecular complexity index is 2820. The topological polar surface area (TPSA) is 153 Å². The third-order valence-electron chi connectivity index (χ3n) is 11.7. The van der Waals surface area contributed by atoms with Gasteiger partial charge in [0.2, 0.25) is 0 Å². The molecule has 8 aromatic carbocycles. The SMILES string of the molecule is O[Si]1(c2ccccc2)O[Si]2(c3ccccc3)O[SiH](c3ccccc3)O[Si](c3ccccc3)(O1)O[Si]1(c3ccccc3)O[Si](O)(c3ccccc3)O[Si](c3ccccc3)(O[Si](O)(c3ccccc3)O1)O2. The van der Waals surface area contributed by atoms with E-state index in [1.54, 1.807) is 182 Å². The number of rotatable bonds is 8. The third-order valence-corrected chi connectivity index (χ3v) is 41.6. The first-order valence-electron chi connectivity index (χ1n) is 22.1. The van der Waals surface area contributed by atoms with E-state index >= 15 is 0 Å². The normalized spacial score (nSPS) is 31.4. The van der Waals surface area contributed by atoms with Crippen LogP contribution in [0.5, 0.6) is 0 Å². The molecule has 4 aliphatic heterocycles. The van der Waals surface area contributed by atoms with Crippen LogP contribution >= 0.6 is 0 Å². The van der Waals surface area contributed by atoms with E-state index in [-0.39, 0.29) is 25.9 Å². The van der Waals surface area contributed by atoms with Crippen LogP contribution in [0.2, 0.25) is 0 Å². The highest BCUT2D eigenvalue weighted by Crippen LogP contribution is 2.39. The van der Waals surface area contributed by atoms with Gasteiger partial charge in [-0.2, -0.15) is 0 Å². The van der Waals surface area contributed by atoms with E-state index in [4.69, 9.17) is 41.2 Å². The second kappa shape index (κ2) is 18.6. The fourth-order valence-electron chi connectivity index (χ4n) is 8.42. The minimum absolute atomic E-state index is 0.236. The minimum atomic E-state index is -5.20. The summed E-state index contributed by atoms with van der Waals surface area (Å²) in [6.45, 7) is 0. The van der Waals surface area contributed by atoms with Gasteiger partial charge < -0.3 is 55.5 Å². The maximum absolute atomic E-state index is 13.9. The smallest absolute Gasteiger partial charge is 0.390 e. The van der Waals surface area contributed by atoms with Gasteiger partial charge in [-0.25, -0.2) is 0 Å². The van der Waals surface area contributed by atoms with Crippen LogP contribution in [0.15, 0.2) is 243 Å². The van der Waals surface area contributed by atoms with Crippen LogP contribution in [-0.2, 0) is 41.2 Å². The van der Waals surface area contributed by atoms with E-state index < -0.39 is 70.9 Å². The van der Waals surface area contributed by atoms with Crippen molar-refractivity contribution in [2.45, 2.75) is 0 Å². The van der Waals surface area contributed by atoms with E-state index in [1.165, 1.54) is 0 Å². The highest BCUT2D eigenvalue weighted by molar-refractivity contribution is 7.08. The van der Waals surface area contributed by atoms with Crippen LogP contribution in [-0.4, -0.2) is 85.3 Å². The predicted molar refractivity (Wildman–Crippen MR) is 274 cm³/mol. The van der Waals surface area contributed by atoms with Crippen LogP contribution in [0.25, 0.3) is 0 Å². The second-order valence-electron chi connectivity index (χ2n) is 16.3. The van der Waals surface area contributed by atoms with E-state index in [1.807, 2.05) is 60.7 Å². The Balaban J connectivity index is 1.33. The van der Waals surface area contributed by atoms with Crippen LogP contribution < -0.4 is 41.5 Å². The van der Waals surface area contributed by atoms with Crippen molar-refractivity contribution in [1.82, 2.24) is 0 Å². The monoisotopic (exact) mass is 1050 g/mol. The lowest BCUT2D eigenvalue weighted by Gasteiger charge is -2.54. The highest BCUT2D eigenvalue weighted by Gasteiger charge is 2.77. The van der Waals surface area contributed by atoms with E-state index in [2.05, 4.69) is 0 Å². The van der Waals surface area contributed by atoms with Crippen LogP contribution in [0, 0.1) is 0 Å². The lowest BCUT2D eigenvalue weighted by atomic mass is 10.4. The molecule has 0 aromatic heterocycles. The highest BCUT2D eigenvalue weighted by atomic mass is 28.6. The van der Waals surface area contributed by atoms with Crippen molar-refractivity contribution in [2.24, 2.45) is 0 Å². The lowest BCUT2D eigenvalue weighted by molar-refractivity contribution is 0.0564. The molecule has 13 nitrogen and oxygen atoms in total. The first-order valence-corrected chi connectivity index (χ1v) is 35.9. The molecule has 0 radical (unpaired) electrons. The zero-order valence-electron chi connectivity index (χ0n) is 36.6. The van der Waals surface area contributed by atoms with Crippen molar-refractivity contribution in [3.8, 4) is 0 Å². The molecule has 0 spiro atoms. The Kier molecular flexibility index (Phi) is 12.5. The molecule has 0 amide bonds. The zero-order chi connectivity index (χ0) is 47.1. The average Bonchev–Trinajstić information content (AvgIpc) is 3.39. The fourth-order valence-corrected chi connectivity index (χ4v) is 45.8. The fraction of sp³-hybridized carbons (Fsp3) is 0. The molecule has 8 aromatic rings. The van der Waals surface area contributed by atoms with Crippen molar-refractivity contribution in [1.29, 1.82) is 0 Å². The summed E-state index contributed by atoms with van der Waals surface area (Å²) in [4.78, 5) is 41.8. The second-order valence-corrected chi connectivity index (χ2v) is 38.1. The Morgan fingerprint density at radius 2 is 0.435 bits per heavy atom. The molecule has 4 saturated heterocycles. The molecule has 69 heavy (non-hydrogen) atoms. The van der Waals surface area contributed by atoms with Gasteiger partial charge in [-0.15, -0.1) is 0 Å². The van der Waals surface area contributed by atoms with Gasteiger partial charge in [-0.05, 0) is 5.19 Å². The summed E-state index contributed by atoms with van der Waals surface area (Å²) in [5, 5.41) is 2.67. The first kappa shape index (κ1) is 46.4. The van der Waals surface area contributed by atoms with Crippen LogP contribution in [0.1, 0.15) is 0 Å². The molecule has 21 heteroatoms. The molecule has 2 unspecified atom stereocenters. The quantitative estimate of drug-likeness (QED) is 0.188. The van der Waals surface area contributed by atoms with Crippen molar-refractivity contribution in [3.05, 3.63) is 243 Å². The molecule has 4 heterocycles. The third kappa shape index (κ3) is 8.82. The van der Waals surface area contributed by atoms with Crippen LogP contribution in [0.4, 0.5) is 0 Å². The van der Waals surface area contributed by atoms with E-state index in [0.29, 0.717) is 15.6 Å². The molecule has 346 valence electrons. The van der Waals surface area contributed by atoms with Crippen molar-refractivity contribution in [3.63, 3.8) is 0 Å². The minimum Gasteiger partial charge on any atom is -0.390 e. The number of hydrogen-bond donors (Lipinski definition) is 3. The van der Waals surface area contributed by atoms with Gasteiger partial charge in [0.15, 0.2) is 0 Å². The first-order chi connectivity index (χ1) is 33.6. The molecule has 3 N–H and O–H groups in total. The van der Waals surface area contributed by atoms with Gasteiger partial charge >= 0.3 is 70.9 Å². The van der Waals surface area contributed by atoms with Gasteiger partial charge in [-0.1, -0.05) is 243 Å². The van der Waals surface area contributed by atoms with Crippen LogP contribution in [0.3, 0.4) is 0 Å². The van der Waals surface area contributed by atoms with E-state index in [0.717, 1.165) is 0 Å². The maximum atomic E-state index is 13.9. The molecule has 2 atom stereocenters. The molecule has 4 bridgehead atoms. The van der Waals surface area contributed by atoms with Gasteiger partial charge in [0.1, 0.15) is 0 Å². The zero-order valence-corrected chi connectivity index (χ0v) is 44.8. The predicted octanol–water partition coefficient (Wildman–Crippen LogP) is 1.22. The molecule has 4 fully saturated rings. The summed E-state index contributed by atoms with van der Waals surface area (Å²) >= 11 is 0. The van der Waals surface area contributed by atoms with Gasteiger partial charge in [0.25, 0.3) is 0 Å². The van der Waals surface area contributed by atoms with Crippen molar-refractivity contribution in [2.75, 3.05) is 0 Å². The number of benzene rings is 8. The maximum Gasteiger partial charge on any atom is 0.520 e. The summed E-state index contributed by atoms with van der Waals surface area (Å²) in [6.07, 6.45) is 0. The lowest BCUT2D eigenvalue weighted by Crippen LogP contribution is -2.88.